The highest BCUT2D eigenvalue weighted by Crippen LogP contribution is 2.32. The number of rotatable bonds is 2. The number of hydrogen-bond donors (Lipinski definition) is 3. The average Bonchev–Trinajstić information content (AvgIpc) is 2.57. The van der Waals surface area contributed by atoms with E-state index in [9.17, 15) is 19.4 Å². The molecule has 1 aliphatic rings. The standard InChI is InChI=1S/C10H14FN3O4/c1-4(15)8-7(16)6(11)9(18-8)14-3-2-5(12)13-10(14)17/h2-4,6-9,15-16H,1H3,(H2,12,13,17)/t4-,6+,7-,8+,9+/m0/s1. The first kappa shape index (κ1) is 12.9. The molecule has 0 bridgehead atoms. The number of ether oxygens (including phenoxy) is 1. The lowest BCUT2D eigenvalue weighted by atomic mass is 10.1. The fraction of sp³-hybridized carbons (Fsp3) is 0.600. The van der Waals surface area contributed by atoms with E-state index in [0.29, 0.717) is 0 Å². The van der Waals surface area contributed by atoms with Crippen molar-refractivity contribution in [2.45, 2.75) is 37.6 Å². The van der Waals surface area contributed by atoms with Crippen molar-refractivity contribution in [3.8, 4) is 0 Å². The van der Waals surface area contributed by atoms with E-state index in [2.05, 4.69) is 4.98 Å². The molecule has 1 saturated heterocycles. The molecular formula is C10H14FN3O4. The lowest BCUT2D eigenvalue weighted by Gasteiger charge is -2.17. The van der Waals surface area contributed by atoms with Gasteiger partial charge in [0.25, 0.3) is 0 Å². The van der Waals surface area contributed by atoms with Crippen molar-refractivity contribution in [3.05, 3.63) is 22.7 Å². The molecule has 1 aliphatic heterocycles. The maximum atomic E-state index is 13.9. The molecule has 0 amide bonds. The lowest BCUT2D eigenvalue weighted by molar-refractivity contribution is -0.0783. The Morgan fingerprint density at radius 1 is 1.67 bits per heavy atom. The Balaban J connectivity index is 2.32. The van der Waals surface area contributed by atoms with Crippen LogP contribution in [0, 0.1) is 0 Å². The summed E-state index contributed by atoms with van der Waals surface area (Å²) >= 11 is 0. The summed E-state index contributed by atoms with van der Waals surface area (Å²) in [5, 5.41) is 18.9. The van der Waals surface area contributed by atoms with Crippen LogP contribution in [0.3, 0.4) is 0 Å². The molecule has 1 fully saturated rings. The Morgan fingerprint density at radius 2 is 2.33 bits per heavy atom. The van der Waals surface area contributed by atoms with Gasteiger partial charge in [0.1, 0.15) is 18.0 Å². The third-order valence-corrected chi connectivity index (χ3v) is 2.83. The van der Waals surface area contributed by atoms with Crippen molar-refractivity contribution in [2.24, 2.45) is 0 Å². The number of nitrogens with zero attached hydrogens (tertiary/aromatic N) is 2. The quantitative estimate of drug-likeness (QED) is 0.615. The van der Waals surface area contributed by atoms with E-state index in [-0.39, 0.29) is 5.82 Å². The molecule has 8 heteroatoms. The van der Waals surface area contributed by atoms with Crippen LogP contribution in [0.25, 0.3) is 0 Å². The lowest BCUT2D eigenvalue weighted by Crippen LogP contribution is -2.36. The van der Waals surface area contributed by atoms with Gasteiger partial charge < -0.3 is 20.7 Å². The van der Waals surface area contributed by atoms with Crippen molar-refractivity contribution in [1.29, 1.82) is 0 Å². The highest BCUT2D eigenvalue weighted by atomic mass is 19.1. The molecule has 5 atom stereocenters. The molecule has 1 aromatic rings. The second kappa shape index (κ2) is 4.63. The number of aromatic nitrogens is 2. The third-order valence-electron chi connectivity index (χ3n) is 2.83. The minimum Gasteiger partial charge on any atom is -0.391 e. The zero-order valence-corrected chi connectivity index (χ0v) is 9.60. The molecule has 0 aliphatic carbocycles. The molecule has 18 heavy (non-hydrogen) atoms. The monoisotopic (exact) mass is 259 g/mol. The Kier molecular flexibility index (Phi) is 3.33. The van der Waals surface area contributed by atoms with Crippen LogP contribution in [0.2, 0.25) is 0 Å². The average molecular weight is 259 g/mol. The van der Waals surface area contributed by atoms with Gasteiger partial charge in [-0.05, 0) is 13.0 Å². The fourth-order valence-electron chi connectivity index (χ4n) is 1.90. The summed E-state index contributed by atoms with van der Waals surface area (Å²) < 4.78 is 19.9. The Morgan fingerprint density at radius 3 is 2.83 bits per heavy atom. The van der Waals surface area contributed by atoms with E-state index in [1.807, 2.05) is 0 Å². The molecule has 0 radical (unpaired) electrons. The van der Waals surface area contributed by atoms with E-state index in [4.69, 9.17) is 10.5 Å². The summed E-state index contributed by atoms with van der Waals surface area (Å²) in [6, 6.07) is 1.32. The van der Waals surface area contributed by atoms with Gasteiger partial charge in [-0.15, -0.1) is 0 Å². The number of halogens is 1. The van der Waals surface area contributed by atoms with Crippen LogP contribution >= 0.6 is 0 Å². The summed E-state index contributed by atoms with van der Waals surface area (Å²) in [4.78, 5) is 15.0. The van der Waals surface area contributed by atoms with Gasteiger partial charge in [0.05, 0.1) is 6.10 Å². The number of nitrogens with two attached hydrogens (primary N) is 1. The Hall–Kier alpha value is -1.51. The van der Waals surface area contributed by atoms with Gasteiger partial charge >= 0.3 is 5.69 Å². The predicted molar refractivity (Wildman–Crippen MR) is 59.4 cm³/mol. The molecule has 1 aromatic heterocycles. The Bertz CT molecular complexity index is 492. The van der Waals surface area contributed by atoms with Crippen molar-refractivity contribution in [1.82, 2.24) is 9.55 Å². The van der Waals surface area contributed by atoms with Gasteiger partial charge in [-0.25, -0.2) is 9.18 Å². The third kappa shape index (κ3) is 2.09. The number of alkyl halides is 1. The van der Waals surface area contributed by atoms with Crippen LogP contribution in [-0.2, 0) is 4.74 Å². The maximum Gasteiger partial charge on any atom is 0.351 e. The molecule has 2 rings (SSSR count). The van der Waals surface area contributed by atoms with Crippen molar-refractivity contribution < 1.29 is 19.3 Å². The van der Waals surface area contributed by atoms with E-state index < -0.39 is 36.4 Å². The summed E-state index contributed by atoms with van der Waals surface area (Å²) in [6.45, 7) is 1.37. The summed E-state index contributed by atoms with van der Waals surface area (Å²) in [5.41, 5.74) is 4.54. The van der Waals surface area contributed by atoms with E-state index in [1.54, 1.807) is 0 Å². The number of aliphatic hydroxyl groups is 2. The van der Waals surface area contributed by atoms with E-state index >= 15 is 0 Å². The van der Waals surface area contributed by atoms with Gasteiger partial charge in [0, 0.05) is 6.20 Å². The Labute approximate surface area is 102 Å². The summed E-state index contributed by atoms with van der Waals surface area (Å²) in [7, 11) is 0. The van der Waals surface area contributed by atoms with E-state index in [0.717, 1.165) is 4.57 Å². The SMILES string of the molecule is C[C@H](O)[C@H]1O[C@@H](n2ccc(N)nc2=O)[C@H](F)[C@@H]1O. The number of anilines is 1. The van der Waals surface area contributed by atoms with Crippen LogP contribution in [0.5, 0.6) is 0 Å². The fourth-order valence-corrected chi connectivity index (χ4v) is 1.90. The molecule has 100 valence electrons. The minimum absolute atomic E-state index is 0.0114. The normalized spacial score (nSPS) is 33.6. The molecule has 2 heterocycles. The first-order chi connectivity index (χ1) is 8.41. The van der Waals surface area contributed by atoms with Crippen molar-refractivity contribution >= 4 is 5.82 Å². The van der Waals surface area contributed by atoms with Gasteiger partial charge in [0.2, 0.25) is 0 Å². The summed E-state index contributed by atoms with van der Waals surface area (Å²) in [5.74, 6) is 0.0114. The highest BCUT2D eigenvalue weighted by molar-refractivity contribution is 5.23. The largest absolute Gasteiger partial charge is 0.391 e. The first-order valence-corrected chi connectivity index (χ1v) is 5.42. The van der Waals surface area contributed by atoms with E-state index in [1.165, 1.54) is 19.2 Å². The topological polar surface area (TPSA) is 111 Å². The zero-order valence-electron chi connectivity index (χ0n) is 9.60. The second-order valence-electron chi connectivity index (χ2n) is 4.21. The number of aliphatic hydroxyl groups excluding tert-OH is 2. The molecule has 0 saturated carbocycles. The van der Waals surface area contributed by atoms with Gasteiger partial charge in [0.15, 0.2) is 12.4 Å². The molecule has 4 N–H and O–H groups in total. The highest BCUT2D eigenvalue weighted by Gasteiger charge is 2.47. The molecule has 0 aromatic carbocycles. The number of nitrogen functional groups attached to an aromatic ring is 1. The van der Waals surface area contributed by atoms with Gasteiger partial charge in [-0.2, -0.15) is 4.98 Å². The molecule has 0 unspecified atom stereocenters. The first-order valence-electron chi connectivity index (χ1n) is 5.42. The van der Waals surface area contributed by atoms with Gasteiger partial charge in [-0.1, -0.05) is 0 Å². The zero-order chi connectivity index (χ0) is 13.4. The van der Waals surface area contributed by atoms with Crippen LogP contribution in [0.1, 0.15) is 13.2 Å². The van der Waals surface area contributed by atoms with Crippen LogP contribution in [0.4, 0.5) is 10.2 Å². The van der Waals surface area contributed by atoms with Crippen LogP contribution < -0.4 is 11.4 Å². The smallest absolute Gasteiger partial charge is 0.351 e. The summed E-state index contributed by atoms with van der Waals surface area (Å²) in [6.07, 6.45) is -5.55. The maximum absolute atomic E-state index is 13.9. The van der Waals surface area contributed by atoms with Gasteiger partial charge in [-0.3, -0.25) is 4.57 Å². The van der Waals surface area contributed by atoms with Crippen LogP contribution in [0.15, 0.2) is 17.1 Å². The van der Waals surface area contributed by atoms with Crippen molar-refractivity contribution in [3.63, 3.8) is 0 Å². The second-order valence-corrected chi connectivity index (χ2v) is 4.21. The molecule has 0 spiro atoms. The molecule has 7 nitrogen and oxygen atoms in total. The van der Waals surface area contributed by atoms with Crippen LogP contribution in [-0.4, -0.2) is 44.2 Å². The minimum atomic E-state index is -1.83. The number of hydrogen-bond acceptors (Lipinski definition) is 6. The molecular weight excluding hydrogens is 245 g/mol. The predicted octanol–water partition coefficient (Wildman–Crippen LogP) is -1.20. The van der Waals surface area contributed by atoms with Crippen molar-refractivity contribution in [2.75, 3.05) is 5.73 Å².